The third kappa shape index (κ3) is 6.51. The van der Waals surface area contributed by atoms with Crippen LogP contribution in [0.3, 0.4) is 0 Å². The third-order valence-electron chi connectivity index (χ3n) is 3.75. The van der Waals surface area contributed by atoms with Gasteiger partial charge in [-0.2, -0.15) is 0 Å². The molecule has 4 heteroatoms. The van der Waals surface area contributed by atoms with E-state index in [1.54, 1.807) is 0 Å². The van der Waals surface area contributed by atoms with Crippen LogP contribution in [0.25, 0.3) is 0 Å². The minimum Gasteiger partial charge on any atom is -0.418 e. The summed E-state index contributed by atoms with van der Waals surface area (Å²) in [6.07, 6.45) is 3.09. The summed E-state index contributed by atoms with van der Waals surface area (Å²) in [6.45, 7) is 0.609. The molecule has 0 aliphatic heterocycles. The Labute approximate surface area is 156 Å². The zero-order valence-corrected chi connectivity index (χ0v) is 15.6. The lowest BCUT2D eigenvalue weighted by molar-refractivity contribution is 0.259. The molecule has 0 heterocycles. The van der Waals surface area contributed by atoms with Crippen molar-refractivity contribution >= 4 is 8.60 Å². The monoisotopic (exact) mass is 366 g/mol. The first-order chi connectivity index (χ1) is 12.9. The second-order valence-electron chi connectivity index (χ2n) is 5.81. The van der Waals surface area contributed by atoms with Gasteiger partial charge in [-0.1, -0.05) is 66.7 Å². The highest BCUT2D eigenvalue weighted by Crippen LogP contribution is 2.41. The van der Waals surface area contributed by atoms with Crippen molar-refractivity contribution < 1.29 is 13.6 Å². The van der Waals surface area contributed by atoms with Crippen LogP contribution in [0, 0.1) is 0 Å². The lowest BCUT2D eigenvalue weighted by Gasteiger charge is -2.17. The Bertz CT molecular complexity index is 694. The van der Waals surface area contributed by atoms with E-state index in [0.29, 0.717) is 6.61 Å². The second kappa shape index (κ2) is 10.6. The number of unbranched alkanes of at least 4 members (excludes halogenated alkanes) is 1. The second-order valence-corrected chi connectivity index (χ2v) is 6.88. The van der Waals surface area contributed by atoms with Gasteiger partial charge in [0.15, 0.2) is 0 Å². The SMILES string of the molecule is c1ccc(CCCCOP(Oc2ccccc2)Oc2ccccc2)cc1. The van der Waals surface area contributed by atoms with Crippen LogP contribution in [0.15, 0.2) is 91.0 Å². The van der Waals surface area contributed by atoms with Crippen molar-refractivity contribution in [3.05, 3.63) is 96.6 Å². The summed E-state index contributed by atoms with van der Waals surface area (Å²) in [4.78, 5) is 0. The van der Waals surface area contributed by atoms with Crippen molar-refractivity contribution in [1.82, 2.24) is 0 Å². The molecule has 0 bridgehead atoms. The van der Waals surface area contributed by atoms with Gasteiger partial charge in [0.1, 0.15) is 11.5 Å². The van der Waals surface area contributed by atoms with E-state index < -0.39 is 8.60 Å². The van der Waals surface area contributed by atoms with Crippen molar-refractivity contribution in [2.75, 3.05) is 6.61 Å². The maximum absolute atomic E-state index is 5.91. The van der Waals surface area contributed by atoms with Gasteiger partial charge in [-0.25, -0.2) is 0 Å². The smallest absolute Gasteiger partial charge is 0.418 e. The summed E-state index contributed by atoms with van der Waals surface area (Å²) in [5, 5.41) is 0. The predicted octanol–water partition coefficient (Wildman–Crippen LogP) is 6.41. The molecule has 0 aromatic heterocycles. The number of para-hydroxylation sites is 2. The van der Waals surface area contributed by atoms with Crippen LogP contribution < -0.4 is 9.05 Å². The normalized spacial score (nSPS) is 10.7. The lowest BCUT2D eigenvalue weighted by Crippen LogP contribution is -2.01. The van der Waals surface area contributed by atoms with Crippen LogP contribution in [0.1, 0.15) is 18.4 Å². The Morgan fingerprint density at radius 1 is 0.577 bits per heavy atom. The van der Waals surface area contributed by atoms with Crippen LogP contribution in [-0.4, -0.2) is 6.61 Å². The van der Waals surface area contributed by atoms with Crippen molar-refractivity contribution in [2.24, 2.45) is 0 Å². The number of benzene rings is 3. The van der Waals surface area contributed by atoms with Crippen LogP contribution >= 0.6 is 8.60 Å². The van der Waals surface area contributed by atoms with E-state index in [2.05, 4.69) is 24.3 Å². The molecule has 0 spiro atoms. The predicted molar refractivity (Wildman–Crippen MR) is 106 cm³/mol. The van der Waals surface area contributed by atoms with Crippen molar-refractivity contribution in [2.45, 2.75) is 19.3 Å². The summed E-state index contributed by atoms with van der Waals surface area (Å²) in [5.74, 6) is 1.50. The molecule has 134 valence electrons. The Morgan fingerprint density at radius 2 is 1.08 bits per heavy atom. The van der Waals surface area contributed by atoms with Crippen molar-refractivity contribution in [1.29, 1.82) is 0 Å². The number of hydrogen-bond donors (Lipinski definition) is 0. The maximum atomic E-state index is 5.91. The average molecular weight is 366 g/mol. The molecular weight excluding hydrogens is 343 g/mol. The van der Waals surface area contributed by atoms with Crippen LogP contribution in [0.4, 0.5) is 0 Å². The van der Waals surface area contributed by atoms with Gasteiger partial charge < -0.3 is 9.05 Å². The molecular formula is C22H23O3P. The first-order valence-corrected chi connectivity index (χ1v) is 9.93. The summed E-state index contributed by atoms with van der Waals surface area (Å²) < 4.78 is 17.7. The molecule has 0 atom stereocenters. The van der Waals surface area contributed by atoms with Gasteiger partial charge in [0.2, 0.25) is 0 Å². The highest BCUT2D eigenvalue weighted by Gasteiger charge is 2.16. The van der Waals surface area contributed by atoms with E-state index in [0.717, 1.165) is 30.8 Å². The molecule has 0 N–H and O–H groups in total. The minimum atomic E-state index is -1.48. The Morgan fingerprint density at radius 3 is 1.62 bits per heavy atom. The number of rotatable bonds is 10. The summed E-state index contributed by atoms with van der Waals surface area (Å²) in [6, 6.07) is 29.8. The van der Waals surface area contributed by atoms with Gasteiger partial charge in [-0.15, -0.1) is 0 Å². The summed E-state index contributed by atoms with van der Waals surface area (Å²) in [5.41, 5.74) is 1.36. The van der Waals surface area contributed by atoms with Gasteiger partial charge in [0.05, 0.1) is 6.61 Å². The van der Waals surface area contributed by atoms with Crippen molar-refractivity contribution in [3.8, 4) is 11.5 Å². The van der Waals surface area contributed by atoms with Gasteiger partial charge in [-0.3, -0.25) is 4.52 Å². The molecule has 3 aromatic rings. The molecule has 3 rings (SSSR count). The molecule has 3 aromatic carbocycles. The van der Waals surface area contributed by atoms with E-state index in [1.165, 1.54) is 5.56 Å². The number of hydrogen-bond acceptors (Lipinski definition) is 3. The fraction of sp³-hybridized carbons (Fsp3) is 0.182. The van der Waals surface area contributed by atoms with Crippen LogP contribution in [-0.2, 0) is 10.9 Å². The fourth-order valence-corrected chi connectivity index (χ4v) is 3.43. The number of aryl methyl sites for hydroxylation is 1. The molecule has 0 aliphatic carbocycles. The minimum absolute atomic E-state index is 0.609. The average Bonchev–Trinajstić information content (AvgIpc) is 2.70. The standard InChI is InChI=1S/C22H23O3P/c1-4-12-20(13-5-1)14-10-11-19-23-26(24-21-15-6-2-7-16-21)25-22-17-8-3-9-18-22/h1-9,12-13,15-18H,10-11,14,19H2. The highest BCUT2D eigenvalue weighted by molar-refractivity contribution is 7.42. The van der Waals surface area contributed by atoms with Crippen molar-refractivity contribution in [3.63, 3.8) is 0 Å². The molecule has 0 unspecified atom stereocenters. The first-order valence-electron chi connectivity index (χ1n) is 8.83. The van der Waals surface area contributed by atoms with E-state index >= 15 is 0 Å². The molecule has 0 fully saturated rings. The summed E-state index contributed by atoms with van der Waals surface area (Å²) in [7, 11) is -1.48. The molecule has 0 aliphatic rings. The highest BCUT2D eigenvalue weighted by atomic mass is 31.2. The molecule has 0 saturated heterocycles. The molecule has 0 saturated carbocycles. The Kier molecular flexibility index (Phi) is 7.52. The van der Waals surface area contributed by atoms with Gasteiger partial charge >= 0.3 is 8.60 Å². The lowest BCUT2D eigenvalue weighted by atomic mass is 10.1. The largest absolute Gasteiger partial charge is 0.463 e. The van der Waals surface area contributed by atoms with Gasteiger partial charge in [0, 0.05) is 0 Å². The van der Waals surface area contributed by atoms with Gasteiger partial charge in [0.25, 0.3) is 0 Å². The van der Waals surface area contributed by atoms with E-state index in [9.17, 15) is 0 Å². The zero-order valence-electron chi connectivity index (χ0n) is 14.7. The third-order valence-corrected chi connectivity index (χ3v) is 4.86. The molecule has 26 heavy (non-hydrogen) atoms. The first kappa shape index (κ1) is 18.4. The maximum Gasteiger partial charge on any atom is 0.463 e. The van der Waals surface area contributed by atoms with Crippen LogP contribution in [0.5, 0.6) is 11.5 Å². The van der Waals surface area contributed by atoms with E-state index in [1.807, 2.05) is 66.7 Å². The topological polar surface area (TPSA) is 27.7 Å². The quantitative estimate of drug-likeness (QED) is 0.306. The Hall–Kier alpha value is -2.35. The van der Waals surface area contributed by atoms with Crippen LogP contribution in [0.2, 0.25) is 0 Å². The Balaban J connectivity index is 1.48. The van der Waals surface area contributed by atoms with Gasteiger partial charge in [-0.05, 0) is 49.1 Å². The van der Waals surface area contributed by atoms with E-state index in [4.69, 9.17) is 13.6 Å². The molecule has 0 radical (unpaired) electrons. The fourth-order valence-electron chi connectivity index (χ4n) is 2.42. The zero-order chi connectivity index (χ0) is 17.9. The van der Waals surface area contributed by atoms with E-state index in [-0.39, 0.29) is 0 Å². The summed E-state index contributed by atoms with van der Waals surface area (Å²) >= 11 is 0. The molecule has 3 nitrogen and oxygen atoms in total. The molecule has 0 amide bonds.